The van der Waals surface area contributed by atoms with Gasteiger partial charge in [0.25, 0.3) is 17.7 Å². The van der Waals surface area contributed by atoms with Gasteiger partial charge in [-0.15, -0.1) is 0 Å². The molecule has 36 heavy (non-hydrogen) atoms. The van der Waals surface area contributed by atoms with Crippen LogP contribution in [0.3, 0.4) is 0 Å². The third-order valence-electron chi connectivity index (χ3n) is 6.35. The number of likely N-dealkylation sites (N-methyl/N-ethyl adjacent to an activating group) is 2. The van der Waals surface area contributed by atoms with Crippen LogP contribution in [-0.2, 0) is 20.9 Å². The largest absolute Gasteiger partial charge is 0.377 e. The van der Waals surface area contributed by atoms with Crippen molar-refractivity contribution in [2.75, 3.05) is 27.2 Å². The molecule has 1 heterocycles. The molecular weight excluding hydrogens is 460 g/mol. The molecule has 9 nitrogen and oxygen atoms in total. The number of benzene rings is 2. The van der Waals surface area contributed by atoms with Crippen LogP contribution < -0.4 is 16.1 Å². The van der Waals surface area contributed by atoms with E-state index in [0.717, 1.165) is 43.0 Å². The van der Waals surface area contributed by atoms with Crippen LogP contribution in [0.1, 0.15) is 46.8 Å². The van der Waals surface area contributed by atoms with Crippen molar-refractivity contribution in [1.29, 1.82) is 0 Å². The van der Waals surface area contributed by atoms with Gasteiger partial charge in [-0.05, 0) is 61.7 Å². The van der Waals surface area contributed by atoms with Gasteiger partial charge in [0.2, 0.25) is 0 Å². The highest BCUT2D eigenvalue weighted by atomic mass is 16.5. The Labute approximate surface area is 211 Å². The van der Waals surface area contributed by atoms with E-state index >= 15 is 0 Å². The summed E-state index contributed by atoms with van der Waals surface area (Å²) in [6.45, 7) is 3.74. The van der Waals surface area contributed by atoms with E-state index in [2.05, 4.69) is 22.5 Å². The molecule has 0 radical (unpaired) electrons. The van der Waals surface area contributed by atoms with Crippen molar-refractivity contribution in [1.82, 2.24) is 21.0 Å². The predicted molar refractivity (Wildman–Crippen MR) is 134 cm³/mol. The number of carbonyl (C=O) groups excluding carboxylic acids is 3. The molecular formula is C27H32N4O5. The second kappa shape index (κ2) is 12.3. The maximum Gasteiger partial charge on any atom is 0.278 e. The van der Waals surface area contributed by atoms with Crippen LogP contribution >= 0.6 is 0 Å². The van der Waals surface area contributed by atoms with Crippen molar-refractivity contribution < 1.29 is 24.3 Å². The Morgan fingerprint density at radius 3 is 2.19 bits per heavy atom. The second-order valence-electron chi connectivity index (χ2n) is 8.75. The van der Waals surface area contributed by atoms with Gasteiger partial charge in [-0.2, -0.15) is 0 Å². The van der Waals surface area contributed by atoms with E-state index in [4.69, 9.17) is 9.94 Å². The summed E-state index contributed by atoms with van der Waals surface area (Å²) in [5, 5.41) is 14.8. The van der Waals surface area contributed by atoms with Crippen LogP contribution in [0.15, 0.2) is 48.5 Å². The SMILES string of the molecule is CNC(=O)[C@@](C)(C(=O)NO)N(C)C(=O)c1ccc(C#Cc2ccc(CNCC3CCCO3)cc2)cc1. The van der Waals surface area contributed by atoms with Crippen LogP contribution in [0.2, 0.25) is 0 Å². The summed E-state index contributed by atoms with van der Waals surface area (Å²) in [7, 11) is 2.66. The Hall–Kier alpha value is -3.71. The molecule has 0 saturated carbocycles. The fourth-order valence-electron chi connectivity index (χ4n) is 3.89. The summed E-state index contributed by atoms with van der Waals surface area (Å²) in [6.07, 6.45) is 2.57. The summed E-state index contributed by atoms with van der Waals surface area (Å²) in [5.74, 6) is 3.86. The van der Waals surface area contributed by atoms with Gasteiger partial charge in [-0.25, -0.2) is 5.48 Å². The molecule has 3 amide bonds. The molecule has 1 fully saturated rings. The fraction of sp³-hybridized carbons (Fsp3) is 0.370. The van der Waals surface area contributed by atoms with Crippen molar-refractivity contribution in [2.24, 2.45) is 0 Å². The van der Waals surface area contributed by atoms with Gasteiger partial charge in [-0.1, -0.05) is 24.0 Å². The minimum atomic E-state index is -1.94. The van der Waals surface area contributed by atoms with Gasteiger partial charge >= 0.3 is 0 Å². The minimum absolute atomic E-state index is 0.267. The van der Waals surface area contributed by atoms with Crippen LogP contribution in [0, 0.1) is 11.8 Å². The average Bonchev–Trinajstić information content (AvgIpc) is 3.44. The number of nitrogens with one attached hydrogen (secondary N) is 3. The molecule has 190 valence electrons. The third kappa shape index (κ3) is 6.29. The Bertz CT molecular complexity index is 1110. The molecule has 0 bridgehead atoms. The van der Waals surface area contributed by atoms with Crippen LogP contribution in [0.5, 0.6) is 0 Å². The number of hydrogen-bond donors (Lipinski definition) is 4. The van der Waals surface area contributed by atoms with Gasteiger partial charge in [0, 0.05) is 50.5 Å². The summed E-state index contributed by atoms with van der Waals surface area (Å²) in [6, 6.07) is 14.6. The normalized spacial score (nSPS) is 16.3. The van der Waals surface area contributed by atoms with Gasteiger partial charge in [0.05, 0.1) is 6.10 Å². The molecule has 2 aromatic carbocycles. The monoisotopic (exact) mass is 492 g/mol. The van der Waals surface area contributed by atoms with E-state index < -0.39 is 23.3 Å². The van der Waals surface area contributed by atoms with Crippen LogP contribution in [0.25, 0.3) is 0 Å². The Balaban J connectivity index is 1.61. The number of hydroxylamine groups is 1. The summed E-state index contributed by atoms with van der Waals surface area (Å²) >= 11 is 0. The Morgan fingerprint density at radius 2 is 1.67 bits per heavy atom. The van der Waals surface area contributed by atoms with E-state index in [1.54, 1.807) is 24.3 Å². The molecule has 2 aromatic rings. The molecule has 3 rings (SSSR count). The number of carbonyl (C=O) groups is 3. The first-order valence-corrected chi connectivity index (χ1v) is 11.8. The zero-order valence-corrected chi connectivity index (χ0v) is 20.8. The smallest absolute Gasteiger partial charge is 0.278 e. The molecule has 0 aromatic heterocycles. The third-order valence-corrected chi connectivity index (χ3v) is 6.35. The molecule has 0 spiro atoms. The van der Waals surface area contributed by atoms with Crippen molar-refractivity contribution >= 4 is 17.7 Å². The molecule has 1 aliphatic rings. The van der Waals surface area contributed by atoms with E-state index in [0.29, 0.717) is 11.7 Å². The summed E-state index contributed by atoms with van der Waals surface area (Å²) in [5.41, 5.74) is 2.53. The van der Waals surface area contributed by atoms with Gasteiger partial charge in [0.15, 0.2) is 5.54 Å². The van der Waals surface area contributed by atoms with E-state index in [-0.39, 0.29) is 5.56 Å². The lowest BCUT2D eigenvalue weighted by Gasteiger charge is -2.34. The zero-order valence-electron chi connectivity index (χ0n) is 20.8. The van der Waals surface area contributed by atoms with Gasteiger partial charge in [-0.3, -0.25) is 19.6 Å². The number of amides is 3. The first kappa shape index (κ1) is 26.9. The topological polar surface area (TPSA) is 120 Å². The minimum Gasteiger partial charge on any atom is -0.377 e. The van der Waals surface area contributed by atoms with Gasteiger partial charge in [0.1, 0.15) is 0 Å². The molecule has 1 unspecified atom stereocenters. The van der Waals surface area contributed by atoms with Crippen LogP contribution in [0.4, 0.5) is 0 Å². The molecule has 1 saturated heterocycles. The number of nitrogens with zero attached hydrogens (tertiary/aromatic N) is 1. The molecule has 9 heteroatoms. The quantitative estimate of drug-likeness (QED) is 0.192. The first-order valence-electron chi connectivity index (χ1n) is 11.8. The lowest BCUT2D eigenvalue weighted by Crippen LogP contribution is -2.64. The molecule has 1 aliphatic heterocycles. The van der Waals surface area contributed by atoms with E-state index in [1.165, 1.54) is 32.1 Å². The maximum absolute atomic E-state index is 12.9. The van der Waals surface area contributed by atoms with E-state index in [1.807, 2.05) is 24.3 Å². The van der Waals surface area contributed by atoms with Crippen molar-refractivity contribution in [3.8, 4) is 11.8 Å². The average molecular weight is 493 g/mol. The highest BCUT2D eigenvalue weighted by Crippen LogP contribution is 2.18. The summed E-state index contributed by atoms with van der Waals surface area (Å²) in [4.78, 5) is 38.4. The van der Waals surface area contributed by atoms with Crippen molar-refractivity contribution in [2.45, 2.75) is 38.0 Å². The summed E-state index contributed by atoms with van der Waals surface area (Å²) < 4.78 is 5.62. The highest BCUT2D eigenvalue weighted by molar-refractivity contribution is 6.12. The molecule has 4 N–H and O–H groups in total. The van der Waals surface area contributed by atoms with Crippen molar-refractivity contribution in [3.05, 3.63) is 70.8 Å². The predicted octanol–water partition coefficient (Wildman–Crippen LogP) is 1.44. The van der Waals surface area contributed by atoms with Crippen molar-refractivity contribution in [3.63, 3.8) is 0 Å². The Kier molecular flexibility index (Phi) is 9.19. The maximum atomic E-state index is 12.9. The van der Waals surface area contributed by atoms with E-state index in [9.17, 15) is 14.4 Å². The number of rotatable bonds is 8. The zero-order chi connectivity index (χ0) is 26.1. The van der Waals surface area contributed by atoms with Gasteiger partial charge < -0.3 is 20.3 Å². The second-order valence-corrected chi connectivity index (χ2v) is 8.75. The fourth-order valence-corrected chi connectivity index (χ4v) is 3.89. The lowest BCUT2D eigenvalue weighted by atomic mass is 9.96. The molecule has 0 aliphatic carbocycles. The highest BCUT2D eigenvalue weighted by Gasteiger charge is 2.47. The standard InChI is InChI=1S/C27H32N4O5/c1-27(25(33)28-2,26(34)30-35)31(3)24(32)22-14-12-20(13-15-22)7-6-19-8-10-21(11-9-19)17-29-18-23-5-4-16-36-23/h8-15,23,29,35H,4-5,16-18H2,1-3H3,(H,28,33)(H,30,34)/t23?,27-/m0/s1. The Morgan fingerprint density at radius 1 is 1.06 bits per heavy atom. The number of hydrogen-bond acceptors (Lipinski definition) is 6. The lowest BCUT2D eigenvalue weighted by molar-refractivity contribution is -0.148. The molecule has 2 atom stereocenters. The number of ether oxygens (including phenoxy) is 1. The van der Waals surface area contributed by atoms with Crippen LogP contribution in [-0.4, -0.2) is 66.7 Å². The first-order chi connectivity index (χ1) is 17.3.